The van der Waals surface area contributed by atoms with Crippen LogP contribution in [0.15, 0.2) is 42.7 Å². The molecule has 2 aromatic heterocycles. The second kappa shape index (κ2) is 5.74. The smallest absolute Gasteiger partial charge is 0.242 e. The monoisotopic (exact) mass is 323 g/mol. The van der Waals surface area contributed by atoms with E-state index in [4.69, 9.17) is 0 Å². The van der Waals surface area contributed by atoms with Crippen LogP contribution in [-0.2, 0) is 11.3 Å². The van der Waals surface area contributed by atoms with E-state index in [0.717, 1.165) is 47.2 Å². The lowest BCUT2D eigenvalue weighted by atomic mass is 10.1. The van der Waals surface area contributed by atoms with Crippen molar-refractivity contribution in [2.75, 3.05) is 13.1 Å². The first kappa shape index (κ1) is 14.9. The number of pyridine rings is 1. The summed E-state index contributed by atoms with van der Waals surface area (Å²) >= 11 is 0. The van der Waals surface area contributed by atoms with Gasteiger partial charge in [0.1, 0.15) is 12.4 Å². The molecule has 0 N–H and O–H groups in total. The predicted molar refractivity (Wildman–Crippen MR) is 91.1 cm³/mol. The van der Waals surface area contributed by atoms with E-state index in [2.05, 4.69) is 4.98 Å². The zero-order valence-corrected chi connectivity index (χ0v) is 13.5. The number of rotatable bonds is 3. The number of benzene rings is 1. The third kappa shape index (κ3) is 2.56. The van der Waals surface area contributed by atoms with E-state index < -0.39 is 0 Å². The number of nitrogens with zero attached hydrogens (tertiary/aromatic N) is 3. The third-order valence-corrected chi connectivity index (χ3v) is 4.59. The molecule has 0 bridgehead atoms. The van der Waals surface area contributed by atoms with Crippen molar-refractivity contribution in [2.45, 2.75) is 19.9 Å². The quantitative estimate of drug-likeness (QED) is 0.741. The fourth-order valence-electron chi connectivity index (χ4n) is 3.08. The van der Waals surface area contributed by atoms with E-state index in [-0.39, 0.29) is 11.7 Å². The Hall–Kier alpha value is -2.69. The van der Waals surface area contributed by atoms with Gasteiger partial charge in [-0.3, -0.25) is 9.78 Å². The molecule has 0 saturated carbocycles. The first-order valence-corrected chi connectivity index (χ1v) is 8.11. The van der Waals surface area contributed by atoms with Crippen LogP contribution in [0.4, 0.5) is 4.39 Å². The highest BCUT2D eigenvalue weighted by atomic mass is 19.1. The molecule has 122 valence electrons. The van der Waals surface area contributed by atoms with Gasteiger partial charge in [0.25, 0.3) is 0 Å². The highest BCUT2D eigenvalue weighted by Crippen LogP contribution is 2.26. The summed E-state index contributed by atoms with van der Waals surface area (Å²) in [4.78, 5) is 18.7. The predicted octanol–water partition coefficient (Wildman–Crippen LogP) is 3.38. The van der Waals surface area contributed by atoms with Crippen LogP contribution < -0.4 is 0 Å². The SMILES string of the molecule is Cc1cn(CC(=O)N2CCC2)c2cc(-c3ccc(F)cc3)cnc12. The molecule has 1 saturated heterocycles. The van der Waals surface area contributed by atoms with Crippen molar-refractivity contribution in [3.8, 4) is 11.1 Å². The molecule has 1 fully saturated rings. The topological polar surface area (TPSA) is 38.1 Å². The number of halogens is 1. The van der Waals surface area contributed by atoms with Gasteiger partial charge in [-0.2, -0.15) is 0 Å². The van der Waals surface area contributed by atoms with Gasteiger partial charge in [0, 0.05) is 31.0 Å². The van der Waals surface area contributed by atoms with Gasteiger partial charge in [-0.05, 0) is 42.7 Å². The van der Waals surface area contributed by atoms with Gasteiger partial charge < -0.3 is 9.47 Å². The van der Waals surface area contributed by atoms with Gasteiger partial charge >= 0.3 is 0 Å². The molecule has 0 radical (unpaired) electrons. The zero-order chi connectivity index (χ0) is 16.7. The molecule has 0 atom stereocenters. The summed E-state index contributed by atoms with van der Waals surface area (Å²) in [6.45, 7) is 4.04. The van der Waals surface area contributed by atoms with Crippen molar-refractivity contribution in [1.82, 2.24) is 14.5 Å². The second-order valence-electron chi connectivity index (χ2n) is 6.27. The largest absolute Gasteiger partial charge is 0.341 e. The van der Waals surface area contributed by atoms with Crippen molar-refractivity contribution >= 4 is 16.9 Å². The van der Waals surface area contributed by atoms with E-state index in [1.54, 1.807) is 18.3 Å². The Bertz CT molecular complexity index is 910. The van der Waals surface area contributed by atoms with Crippen LogP contribution in [0.5, 0.6) is 0 Å². The minimum atomic E-state index is -0.257. The molecule has 1 aromatic carbocycles. The lowest BCUT2D eigenvalue weighted by Crippen LogP contribution is -2.43. The molecule has 3 heterocycles. The van der Waals surface area contributed by atoms with Gasteiger partial charge in [-0.15, -0.1) is 0 Å². The van der Waals surface area contributed by atoms with Gasteiger partial charge in [0.15, 0.2) is 0 Å². The van der Waals surface area contributed by atoms with Crippen molar-refractivity contribution < 1.29 is 9.18 Å². The Kier molecular flexibility index (Phi) is 3.56. The fraction of sp³-hybridized carbons (Fsp3) is 0.263. The number of aryl methyl sites for hydroxylation is 1. The van der Waals surface area contributed by atoms with Gasteiger partial charge in [-0.25, -0.2) is 4.39 Å². The van der Waals surface area contributed by atoms with Crippen molar-refractivity contribution in [3.63, 3.8) is 0 Å². The molecule has 5 heteroatoms. The van der Waals surface area contributed by atoms with Gasteiger partial charge in [0.05, 0.1) is 11.0 Å². The van der Waals surface area contributed by atoms with E-state index in [0.29, 0.717) is 6.54 Å². The normalized spacial score (nSPS) is 14.0. The molecule has 0 spiro atoms. The Balaban J connectivity index is 1.72. The summed E-state index contributed by atoms with van der Waals surface area (Å²) in [5, 5.41) is 0. The van der Waals surface area contributed by atoms with E-state index >= 15 is 0 Å². The summed E-state index contributed by atoms with van der Waals surface area (Å²) in [7, 11) is 0. The maximum absolute atomic E-state index is 13.1. The Morgan fingerprint density at radius 3 is 2.62 bits per heavy atom. The number of amides is 1. The van der Waals surface area contributed by atoms with Crippen LogP contribution >= 0.6 is 0 Å². The number of carbonyl (C=O) groups excluding carboxylic acids is 1. The number of likely N-dealkylation sites (tertiary alicyclic amines) is 1. The Morgan fingerprint density at radius 1 is 1.21 bits per heavy atom. The maximum Gasteiger partial charge on any atom is 0.242 e. The highest BCUT2D eigenvalue weighted by molar-refractivity contribution is 5.86. The molecule has 0 unspecified atom stereocenters. The number of hydrogen-bond acceptors (Lipinski definition) is 2. The number of carbonyl (C=O) groups is 1. The number of fused-ring (bicyclic) bond motifs is 1. The molecular weight excluding hydrogens is 305 g/mol. The fourth-order valence-corrected chi connectivity index (χ4v) is 3.08. The minimum Gasteiger partial charge on any atom is -0.341 e. The van der Waals surface area contributed by atoms with Gasteiger partial charge in [0.2, 0.25) is 5.91 Å². The lowest BCUT2D eigenvalue weighted by Gasteiger charge is -2.31. The molecule has 4 rings (SSSR count). The number of aromatic nitrogens is 2. The van der Waals surface area contributed by atoms with Crippen LogP contribution in [0, 0.1) is 12.7 Å². The van der Waals surface area contributed by atoms with E-state index in [1.807, 2.05) is 28.7 Å². The third-order valence-electron chi connectivity index (χ3n) is 4.59. The molecule has 24 heavy (non-hydrogen) atoms. The molecule has 1 amide bonds. The molecule has 3 aromatic rings. The van der Waals surface area contributed by atoms with Crippen molar-refractivity contribution in [2.24, 2.45) is 0 Å². The van der Waals surface area contributed by atoms with Crippen LogP contribution in [0.25, 0.3) is 22.2 Å². The highest BCUT2D eigenvalue weighted by Gasteiger charge is 2.21. The van der Waals surface area contributed by atoms with Crippen LogP contribution in [-0.4, -0.2) is 33.4 Å². The Morgan fingerprint density at radius 2 is 1.96 bits per heavy atom. The van der Waals surface area contributed by atoms with Gasteiger partial charge in [-0.1, -0.05) is 12.1 Å². The molecule has 1 aliphatic rings. The number of hydrogen-bond donors (Lipinski definition) is 0. The first-order valence-electron chi connectivity index (χ1n) is 8.11. The van der Waals surface area contributed by atoms with Crippen LogP contribution in [0.3, 0.4) is 0 Å². The van der Waals surface area contributed by atoms with E-state index in [1.165, 1.54) is 12.1 Å². The van der Waals surface area contributed by atoms with Crippen molar-refractivity contribution in [3.05, 3.63) is 54.1 Å². The van der Waals surface area contributed by atoms with Crippen LogP contribution in [0.2, 0.25) is 0 Å². The average molecular weight is 323 g/mol. The molecule has 0 aliphatic carbocycles. The Labute approximate surface area is 139 Å². The average Bonchev–Trinajstić information content (AvgIpc) is 2.82. The first-order chi connectivity index (χ1) is 11.6. The second-order valence-corrected chi connectivity index (χ2v) is 6.27. The van der Waals surface area contributed by atoms with Crippen LogP contribution in [0.1, 0.15) is 12.0 Å². The zero-order valence-electron chi connectivity index (χ0n) is 13.5. The molecule has 4 nitrogen and oxygen atoms in total. The molecular formula is C19H18FN3O. The summed E-state index contributed by atoms with van der Waals surface area (Å²) in [6.07, 6.45) is 4.86. The molecule has 1 aliphatic heterocycles. The standard InChI is InChI=1S/C19H18FN3O/c1-13-11-23(12-18(24)22-7-2-8-22)17-9-15(10-21-19(13)17)14-3-5-16(20)6-4-14/h3-6,9-11H,2,7-8,12H2,1H3. The minimum absolute atomic E-state index is 0.144. The summed E-state index contributed by atoms with van der Waals surface area (Å²) in [6, 6.07) is 8.38. The summed E-state index contributed by atoms with van der Waals surface area (Å²) < 4.78 is 15.1. The lowest BCUT2D eigenvalue weighted by molar-refractivity contribution is -0.135. The summed E-state index contributed by atoms with van der Waals surface area (Å²) in [5.41, 5.74) is 4.70. The maximum atomic E-state index is 13.1. The summed E-state index contributed by atoms with van der Waals surface area (Å²) in [5.74, 6) is -0.113. The van der Waals surface area contributed by atoms with E-state index in [9.17, 15) is 9.18 Å². The van der Waals surface area contributed by atoms with Crippen molar-refractivity contribution in [1.29, 1.82) is 0 Å².